The van der Waals surface area contributed by atoms with E-state index < -0.39 is 0 Å². The Bertz CT molecular complexity index is 495. The fraction of sp³-hybridized carbons (Fsp3) is 0.250. The first kappa shape index (κ1) is 10.0. The molecule has 5 nitrogen and oxygen atoms in total. The molecule has 1 saturated carbocycles. The maximum absolute atomic E-state index is 4.35. The van der Waals surface area contributed by atoms with Gasteiger partial charge in [0.2, 0.25) is 5.95 Å². The van der Waals surface area contributed by atoms with E-state index in [0.717, 1.165) is 5.69 Å². The van der Waals surface area contributed by atoms with Gasteiger partial charge < -0.3 is 10.6 Å². The van der Waals surface area contributed by atoms with E-state index in [1.807, 2.05) is 30.3 Å². The summed E-state index contributed by atoms with van der Waals surface area (Å²) in [5, 5.41) is 14.3. The molecule has 0 saturated heterocycles. The Balaban J connectivity index is 1.73. The van der Waals surface area contributed by atoms with E-state index in [9.17, 15) is 0 Å². The van der Waals surface area contributed by atoms with Crippen LogP contribution in [0.5, 0.6) is 0 Å². The van der Waals surface area contributed by atoms with Gasteiger partial charge in [-0.3, -0.25) is 0 Å². The van der Waals surface area contributed by atoms with Crippen molar-refractivity contribution in [3.63, 3.8) is 0 Å². The molecule has 2 N–H and O–H groups in total. The molecule has 1 aromatic heterocycles. The van der Waals surface area contributed by atoms with E-state index in [4.69, 9.17) is 0 Å². The standard InChI is InChI=1S/C12H13N5/c1-2-4-9(5-3-1)14-11-8-13-17-12(16-11)15-10-6-7-10/h1-5,8,10H,6-7H2,(H2,14,15,16,17). The zero-order valence-corrected chi connectivity index (χ0v) is 9.30. The summed E-state index contributed by atoms with van der Waals surface area (Å²) in [6, 6.07) is 10.4. The molecule has 2 aromatic rings. The summed E-state index contributed by atoms with van der Waals surface area (Å²) in [6.45, 7) is 0. The average Bonchev–Trinajstić information content (AvgIpc) is 3.15. The first-order chi connectivity index (χ1) is 8.40. The molecule has 0 unspecified atom stereocenters. The number of aromatic nitrogens is 3. The SMILES string of the molecule is c1ccc(Nc2cnnc(NC3CC3)n2)cc1. The molecule has 0 aliphatic heterocycles. The van der Waals surface area contributed by atoms with Crippen molar-refractivity contribution < 1.29 is 0 Å². The second kappa shape index (κ2) is 4.37. The van der Waals surface area contributed by atoms with Crippen LogP contribution >= 0.6 is 0 Å². The highest BCUT2D eigenvalue weighted by Gasteiger charge is 2.22. The van der Waals surface area contributed by atoms with Crippen molar-refractivity contribution in [3.8, 4) is 0 Å². The molecule has 1 fully saturated rings. The fourth-order valence-corrected chi connectivity index (χ4v) is 1.50. The monoisotopic (exact) mass is 227 g/mol. The lowest BCUT2D eigenvalue weighted by Gasteiger charge is -2.06. The minimum Gasteiger partial charge on any atom is -0.350 e. The minimum absolute atomic E-state index is 0.531. The van der Waals surface area contributed by atoms with Crippen molar-refractivity contribution >= 4 is 17.5 Å². The van der Waals surface area contributed by atoms with Crippen LogP contribution in [0, 0.1) is 0 Å². The third-order valence-corrected chi connectivity index (χ3v) is 2.52. The number of benzene rings is 1. The molecule has 1 aliphatic rings. The second-order valence-corrected chi connectivity index (χ2v) is 4.07. The topological polar surface area (TPSA) is 62.7 Å². The number of nitrogens with one attached hydrogen (secondary N) is 2. The van der Waals surface area contributed by atoms with Crippen molar-refractivity contribution in [1.29, 1.82) is 0 Å². The molecule has 0 atom stereocenters. The third-order valence-electron chi connectivity index (χ3n) is 2.52. The van der Waals surface area contributed by atoms with Gasteiger partial charge in [0, 0.05) is 11.7 Å². The molecule has 0 radical (unpaired) electrons. The first-order valence-electron chi connectivity index (χ1n) is 5.68. The highest BCUT2D eigenvalue weighted by Crippen LogP contribution is 2.23. The van der Waals surface area contributed by atoms with E-state index in [2.05, 4.69) is 25.8 Å². The number of rotatable bonds is 4. The third kappa shape index (κ3) is 2.69. The van der Waals surface area contributed by atoms with Gasteiger partial charge in [0.05, 0.1) is 6.20 Å². The molecule has 0 spiro atoms. The number of hydrogen-bond acceptors (Lipinski definition) is 5. The van der Waals surface area contributed by atoms with Crippen LogP contribution in [0.25, 0.3) is 0 Å². The summed E-state index contributed by atoms with van der Waals surface area (Å²) in [4.78, 5) is 4.35. The Morgan fingerprint density at radius 2 is 1.94 bits per heavy atom. The van der Waals surface area contributed by atoms with E-state index in [-0.39, 0.29) is 0 Å². The summed E-state index contributed by atoms with van der Waals surface area (Å²) >= 11 is 0. The quantitative estimate of drug-likeness (QED) is 0.838. The maximum Gasteiger partial charge on any atom is 0.244 e. The van der Waals surface area contributed by atoms with Gasteiger partial charge in [-0.25, -0.2) is 0 Å². The number of hydrogen-bond donors (Lipinski definition) is 2. The molecule has 1 aromatic carbocycles. The average molecular weight is 227 g/mol. The maximum atomic E-state index is 4.35. The predicted molar refractivity (Wildman–Crippen MR) is 66.2 cm³/mol. The van der Waals surface area contributed by atoms with Crippen molar-refractivity contribution in [2.45, 2.75) is 18.9 Å². The van der Waals surface area contributed by atoms with Crippen LogP contribution in [0.2, 0.25) is 0 Å². The first-order valence-corrected chi connectivity index (χ1v) is 5.68. The normalized spacial score (nSPS) is 14.4. The molecular formula is C12H13N5. The Morgan fingerprint density at radius 3 is 2.71 bits per heavy atom. The lowest BCUT2D eigenvalue weighted by Crippen LogP contribution is -2.07. The highest BCUT2D eigenvalue weighted by molar-refractivity contribution is 5.55. The summed E-state index contributed by atoms with van der Waals surface area (Å²) < 4.78 is 0. The molecule has 1 aliphatic carbocycles. The Morgan fingerprint density at radius 1 is 1.12 bits per heavy atom. The van der Waals surface area contributed by atoms with Crippen LogP contribution in [0.15, 0.2) is 36.5 Å². The second-order valence-electron chi connectivity index (χ2n) is 4.07. The van der Waals surface area contributed by atoms with Gasteiger partial charge in [-0.2, -0.15) is 10.1 Å². The largest absolute Gasteiger partial charge is 0.350 e. The van der Waals surface area contributed by atoms with Gasteiger partial charge in [0.25, 0.3) is 0 Å². The van der Waals surface area contributed by atoms with Gasteiger partial charge in [0.15, 0.2) is 5.82 Å². The van der Waals surface area contributed by atoms with Crippen molar-refractivity contribution in [3.05, 3.63) is 36.5 Å². The summed E-state index contributed by atoms with van der Waals surface area (Å²) in [6.07, 6.45) is 4.00. The number of anilines is 3. The van der Waals surface area contributed by atoms with Gasteiger partial charge in [-0.15, -0.1) is 5.10 Å². The van der Waals surface area contributed by atoms with Crippen LogP contribution in [-0.4, -0.2) is 21.2 Å². The van der Waals surface area contributed by atoms with Crippen LogP contribution in [-0.2, 0) is 0 Å². The van der Waals surface area contributed by atoms with Crippen LogP contribution in [0.4, 0.5) is 17.5 Å². The van der Waals surface area contributed by atoms with E-state index in [1.165, 1.54) is 12.8 Å². The van der Waals surface area contributed by atoms with E-state index in [1.54, 1.807) is 6.20 Å². The molecule has 0 bridgehead atoms. The zero-order valence-electron chi connectivity index (χ0n) is 9.30. The highest BCUT2D eigenvalue weighted by atomic mass is 15.3. The zero-order chi connectivity index (χ0) is 11.5. The van der Waals surface area contributed by atoms with Crippen LogP contribution in [0.3, 0.4) is 0 Å². The van der Waals surface area contributed by atoms with Crippen LogP contribution < -0.4 is 10.6 Å². The van der Waals surface area contributed by atoms with E-state index in [0.29, 0.717) is 17.8 Å². The van der Waals surface area contributed by atoms with Gasteiger partial charge in [0.1, 0.15) is 0 Å². The Kier molecular flexibility index (Phi) is 2.57. The fourth-order valence-electron chi connectivity index (χ4n) is 1.50. The smallest absolute Gasteiger partial charge is 0.244 e. The minimum atomic E-state index is 0.531. The Hall–Kier alpha value is -2.17. The molecular weight excluding hydrogens is 214 g/mol. The van der Waals surface area contributed by atoms with Crippen LogP contribution in [0.1, 0.15) is 12.8 Å². The molecule has 5 heteroatoms. The lowest BCUT2D eigenvalue weighted by molar-refractivity contribution is 0.947. The van der Waals surface area contributed by atoms with Gasteiger partial charge >= 0.3 is 0 Å². The van der Waals surface area contributed by atoms with E-state index >= 15 is 0 Å². The number of para-hydroxylation sites is 1. The number of nitrogens with zero attached hydrogens (tertiary/aromatic N) is 3. The lowest BCUT2D eigenvalue weighted by atomic mass is 10.3. The predicted octanol–water partition coefficient (Wildman–Crippen LogP) is 2.19. The molecule has 1 heterocycles. The molecule has 17 heavy (non-hydrogen) atoms. The Labute approximate surface area is 99.3 Å². The van der Waals surface area contributed by atoms with Crippen molar-refractivity contribution in [2.24, 2.45) is 0 Å². The summed E-state index contributed by atoms with van der Waals surface area (Å²) in [7, 11) is 0. The summed E-state index contributed by atoms with van der Waals surface area (Å²) in [5.74, 6) is 1.29. The van der Waals surface area contributed by atoms with Crippen molar-refractivity contribution in [1.82, 2.24) is 15.2 Å². The van der Waals surface area contributed by atoms with Crippen molar-refractivity contribution in [2.75, 3.05) is 10.6 Å². The molecule has 0 amide bonds. The molecule has 86 valence electrons. The summed E-state index contributed by atoms with van der Waals surface area (Å²) in [5.41, 5.74) is 0.991. The van der Waals surface area contributed by atoms with Gasteiger partial charge in [-0.05, 0) is 25.0 Å². The molecule has 3 rings (SSSR count). The van der Waals surface area contributed by atoms with Gasteiger partial charge in [-0.1, -0.05) is 18.2 Å².